The molecule has 1 aromatic carbocycles. The predicted molar refractivity (Wildman–Crippen MR) is 76.5 cm³/mol. The number of rotatable bonds is 6. The van der Waals surface area contributed by atoms with Gasteiger partial charge in [-0.25, -0.2) is 0 Å². The summed E-state index contributed by atoms with van der Waals surface area (Å²) in [4.78, 5) is 26.3. The molecule has 0 spiro atoms. The lowest BCUT2D eigenvalue weighted by atomic mass is 10.1. The van der Waals surface area contributed by atoms with Gasteiger partial charge < -0.3 is 19.8 Å². The minimum absolute atomic E-state index is 0.172. The molecule has 6 nitrogen and oxygen atoms in total. The van der Waals surface area contributed by atoms with Crippen LogP contribution in [0.15, 0.2) is 36.5 Å². The Morgan fingerprint density at radius 1 is 1.19 bits per heavy atom. The number of aromatic amines is 1. The van der Waals surface area contributed by atoms with Crippen molar-refractivity contribution in [3.63, 3.8) is 0 Å². The molecule has 2 N–H and O–H groups in total. The number of hydrogen-bond donors (Lipinski definition) is 2. The first-order chi connectivity index (χ1) is 10.2. The van der Waals surface area contributed by atoms with Gasteiger partial charge in [0.15, 0.2) is 0 Å². The van der Waals surface area contributed by atoms with Gasteiger partial charge in [0.1, 0.15) is 11.5 Å². The van der Waals surface area contributed by atoms with Gasteiger partial charge in [-0.2, -0.15) is 0 Å². The van der Waals surface area contributed by atoms with E-state index in [1.54, 1.807) is 43.6 Å². The van der Waals surface area contributed by atoms with Crippen LogP contribution in [-0.2, 0) is 11.3 Å². The van der Waals surface area contributed by atoms with Crippen LogP contribution in [-0.4, -0.2) is 30.9 Å². The van der Waals surface area contributed by atoms with Crippen molar-refractivity contribution in [2.24, 2.45) is 0 Å². The number of methoxy groups -OCH3 is 2. The number of amides is 1. The van der Waals surface area contributed by atoms with Crippen LogP contribution < -0.4 is 14.8 Å². The molecule has 0 aliphatic rings. The van der Waals surface area contributed by atoms with E-state index in [2.05, 4.69) is 10.3 Å². The number of aromatic nitrogens is 1. The first kappa shape index (κ1) is 14.6. The Morgan fingerprint density at radius 3 is 2.62 bits per heavy atom. The van der Waals surface area contributed by atoms with Crippen molar-refractivity contribution in [3.05, 3.63) is 47.8 Å². The van der Waals surface area contributed by atoms with Crippen LogP contribution in [0.2, 0.25) is 0 Å². The number of carbonyl (C=O) groups excluding carboxylic acids is 2. The summed E-state index contributed by atoms with van der Waals surface area (Å²) in [6, 6.07) is 8.46. The number of hydrogen-bond acceptors (Lipinski definition) is 4. The van der Waals surface area contributed by atoms with Gasteiger partial charge in [-0.3, -0.25) is 9.59 Å². The standard InChI is InChI=1S/C15H16N2O4/c1-20-11-5-6-13(21-2)10(8-11)9-17-15(19)14(18)12-4-3-7-16-12/h3-8,16H,9H2,1-2H3,(H,17,19). The molecular formula is C15H16N2O4. The fourth-order valence-electron chi connectivity index (χ4n) is 1.87. The Balaban J connectivity index is 2.05. The monoisotopic (exact) mass is 288 g/mol. The Bertz CT molecular complexity index is 635. The summed E-state index contributed by atoms with van der Waals surface area (Å²) >= 11 is 0. The largest absolute Gasteiger partial charge is 0.497 e. The first-order valence-electron chi connectivity index (χ1n) is 6.32. The van der Waals surface area contributed by atoms with Crippen LogP contribution in [0.5, 0.6) is 11.5 Å². The fourth-order valence-corrected chi connectivity index (χ4v) is 1.87. The van der Waals surface area contributed by atoms with Gasteiger partial charge in [-0.05, 0) is 30.3 Å². The van der Waals surface area contributed by atoms with Gasteiger partial charge >= 0.3 is 0 Å². The van der Waals surface area contributed by atoms with Crippen molar-refractivity contribution in [2.75, 3.05) is 14.2 Å². The number of ketones is 1. The Hall–Kier alpha value is -2.76. The minimum Gasteiger partial charge on any atom is -0.497 e. The number of H-pyrrole nitrogens is 1. The van der Waals surface area contributed by atoms with Gasteiger partial charge in [0.05, 0.1) is 19.9 Å². The molecule has 21 heavy (non-hydrogen) atoms. The lowest BCUT2D eigenvalue weighted by molar-refractivity contribution is -0.117. The number of ether oxygens (including phenoxy) is 2. The predicted octanol–water partition coefficient (Wildman–Crippen LogP) is 1.53. The Labute approximate surface area is 122 Å². The lowest BCUT2D eigenvalue weighted by Crippen LogP contribution is -2.30. The Kier molecular flexibility index (Phi) is 4.61. The highest BCUT2D eigenvalue weighted by molar-refractivity contribution is 6.42. The zero-order chi connectivity index (χ0) is 15.2. The van der Waals surface area contributed by atoms with E-state index >= 15 is 0 Å². The summed E-state index contributed by atoms with van der Waals surface area (Å²) < 4.78 is 10.3. The van der Waals surface area contributed by atoms with Crippen molar-refractivity contribution >= 4 is 11.7 Å². The average Bonchev–Trinajstić information content (AvgIpc) is 3.05. The normalized spacial score (nSPS) is 10.0. The van der Waals surface area contributed by atoms with Gasteiger partial charge in [0, 0.05) is 18.3 Å². The van der Waals surface area contributed by atoms with Gasteiger partial charge in [0.25, 0.3) is 11.7 Å². The topological polar surface area (TPSA) is 80.4 Å². The van der Waals surface area contributed by atoms with Crippen molar-refractivity contribution in [3.8, 4) is 11.5 Å². The second-order valence-corrected chi connectivity index (χ2v) is 4.27. The summed E-state index contributed by atoms with van der Waals surface area (Å²) in [5, 5.41) is 2.57. The molecule has 0 atom stereocenters. The second kappa shape index (κ2) is 6.60. The first-order valence-corrected chi connectivity index (χ1v) is 6.32. The highest BCUT2D eigenvalue weighted by atomic mass is 16.5. The van der Waals surface area contributed by atoms with Crippen LogP contribution in [0.1, 0.15) is 16.1 Å². The molecule has 110 valence electrons. The van der Waals surface area contributed by atoms with E-state index in [1.165, 1.54) is 7.11 Å². The molecule has 0 saturated heterocycles. The minimum atomic E-state index is -0.678. The third kappa shape index (κ3) is 3.42. The van der Waals surface area contributed by atoms with Crippen LogP contribution >= 0.6 is 0 Å². The summed E-state index contributed by atoms with van der Waals surface area (Å²) in [5.41, 5.74) is 0.981. The van der Waals surface area contributed by atoms with Crippen LogP contribution in [0.4, 0.5) is 0 Å². The molecular weight excluding hydrogens is 272 g/mol. The molecule has 2 aromatic rings. The van der Waals surface area contributed by atoms with Crippen molar-refractivity contribution < 1.29 is 19.1 Å². The molecule has 1 amide bonds. The lowest BCUT2D eigenvalue weighted by Gasteiger charge is -2.11. The van der Waals surface area contributed by atoms with Crippen LogP contribution in [0.25, 0.3) is 0 Å². The van der Waals surface area contributed by atoms with Gasteiger partial charge in [-0.15, -0.1) is 0 Å². The maximum atomic E-state index is 11.8. The molecule has 0 bridgehead atoms. The maximum absolute atomic E-state index is 11.8. The van der Waals surface area contributed by atoms with E-state index in [-0.39, 0.29) is 12.2 Å². The smallest absolute Gasteiger partial charge is 0.294 e. The molecule has 2 rings (SSSR count). The van der Waals surface area contributed by atoms with E-state index in [1.807, 2.05) is 0 Å². The van der Waals surface area contributed by atoms with Crippen molar-refractivity contribution in [1.82, 2.24) is 10.3 Å². The number of carbonyl (C=O) groups is 2. The summed E-state index contributed by atoms with van der Waals surface area (Å²) in [7, 11) is 3.09. The second-order valence-electron chi connectivity index (χ2n) is 4.27. The van der Waals surface area contributed by atoms with Gasteiger partial charge in [-0.1, -0.05) is 0 Å². The van der Waals surface area contributed by atoms with E-state index in [4.69, 9.17) is 9.47 Å². The van der Waals surface area contributed by atoms with E-state index in [0.717, 1.165) is 5.56 Å². The molecule has 0 aliphatic heterocycles. The summed E-state index contributed by atoms with van der Waals surface area (Å²) in [5.74, 6) is -0.0247. The fraction of sp³-hybridized carbons (Fsp3) is 0.200. The molecule has 0 aliphatic carbocycles. The summed E-state index contributed by atoms with van der Waals surface area (Å²) in [6.45, 7) is 0.172. The molecule has 0 saturated carbocycles. The number of nitrogens with one attached hydrogen (secondary N) is 2. The zero-order valence-corrected chi connectivity index (χ0v) is 11.8. The molecule has 1 heterocycles. The molecule has 1 aromatic heterocycles. The molecule has 6 heteroatoms. The third-order valence-corrected chi connectivity index (χ3v) is 2.98. The van der Waals surface area contributed by atoms with E-state index in [9.17, 15) is 9.59 Å². The van der Waals surface area contributed by atoms with Crippen LogP contribution in [0.3, 0.4) is 0 Å². The van der Waals surface area contributed by atoms with E-state index < -0.39 is 11.7 Å². The Morgan fingerprint density at radius 2 is 2.00 bits per heavy atom. The van der Waals surface area contributed by atoms with Gasteiger partial charge in [0.2, 0.25) is 0 Å². The highest BCUT2D eigenvalue weighted by Gasteiger charge is 2.17. The van der Waals surface area contributed by atoms with Crippen LogP contribution in [0, 0.1) is 0 Å². The highest BCUT2D eigenvalue weighted by Crippen LogP contribution is 2.23. The average molecular weight is 288 g/mol. The number of Topliss-reactive ketones (excluding diaryl/α,β-unsaturated/α-hetero) is 1. The summed E-state index contributed by atoms with van der Waals surface area (Å²) in [6.07, 6.45) is 1.59. The van der Waals surface area contributed by atoms with Crippen molar-refractivity contribution in [1.29, 1.82) is 0 Å². The SMILES string of the molecule is COc1ccc(OC)c(CNC(=O)C(=O)c2ccc[nH]2)c1. The molecule has 0 fully saturated rings. The third-order valence-electron chi connectivity index (χ3n) is 2.98. The molecule has 0 radical (unpaired) electrons. The maximum Gasteiger partial charge on any atom is 0.294 e. The number of benzene rings is 1. The van der Waals surface area contributed by atoms with E-state index in [0.29, 0.717) is 11.5 Å². The van der Waals surface area contributed by atoms with Crippen molar-refractivity contribution in [2.45, 2.75) is 6.54 Å². The molecule has 0 unspecified atom stereocenters. The quantitative estimate of drug-likeness (QED) is 0.624. The zero-order valence-electron chi connectivity index (χ0n) is 11.8.